The van der Waals surface area contributed by atoms with Gasteiger partial charge in [-0.25, -0.2) is 5.10 Å². The molecule has 2 aromatic rings. The lowest BCUT2D eigenvalue weighted by molar-refractivity contribution is -0.120. The second-order valence-electron chi connectivity index (χ2n) is 3.88. The van der Waals surface area contributed by atoms with Gasteiger partial charge < -0.3 is 5.32 Å². The highest BCUT2D eigenvalue weighted by atomic mass is 35.5. The van der Waals surface area contributed by atoms with E-state index >= 15 is 0 Å². The molecule has 1 atom stereocenters. The summed E-state index contributed by atoms with van der Waals surface area (Å²) in [6.07, 6.45) is 0. The van der Waals surface area contributed by atoms with Crippen LogP contribution in [0.4, 0.5) is 0 Å². The third kappa shape index (κ3) is 2.51. The molecule has 6 heteroatoms. The number of hydrogen-bond acceptors (Lipinski definition) is 3. The molecule has 1 unspecified atom stereocenters. The van der Waals surface area contributed by atoms with Gasteiger partial charge >= 0.3 is 0 Å². The van der Waals surface area contributed by atoms with Crippen LogP contribution in [0.3, 0.4) is 0 Å². The summed E-state index contributed by atoms with van der Waals surface area (Å²) in [5, 5.41) is 9.68. The number of carbonyl (C=O) groups excluding carboxylic acids is 1. The number of aromatic nitrogens is 2. The first kappa shape index (κ1) is 12.6. The molecular formula is C12H12ClN3O2. The Balaban J connectivity index is 2.32. The third-order valence-corrected chi connectivity index (χ3v) is 2.76. The van der Waals surface area contributed by atoms with Crippen molar-refractivity contribution in [3.63, 3.8) is 0 Å². The van der Waals surface area contributed by atoms with Gasteiger partial charge in [0, 0.05) is 5.39 Å². The molecule has 0 saturated heterocycles. The lowest BCUT2D eigenvalue weighted by Gasteiger charge is -2.07. The predicted molar refractivity (Wildman–Crippen MR) is 69.5 cm³/mol. The number of halogens is 1. The molecule has 0 spiro atoms. The molecular weight excluding hydrogens is 254 g/mol. The summed E-state index contributed by atoms with van der Waals surface area (Å²) >= 11 is 5.65. The standard InChI is InChI=1S/C12H12ClN3O2/c1-7(13)11(17)14-6-10-8-4-2-3-5-9(8)12(18)16-15-10/h2-5,7H,6H2,1H3,(H,14,17)(H,16,18). The van der Waals surface area contributed by atoms with E-state index in [1.54, 1.807) is 25.1 Å². The van der Waals surface area contributed by atoms with Crippen LogP contribution in [0.2, 0.25) is 0 Å². The van der Waals surface area contributed by atoms with Crippen molar-refractivity contribution >= 4 is 28.3 Å². The van der Waals surface area contributed by atoms with E-state index in [1.807, 2.05) is 6.07 Å². The molecule has 0 aliphatic heterocycles. The third-order valence-electron chi connectivity index (χ3n) is 2.57. The number of hydrogen-bond donors (Lipinski definition) is 2. The van der Waals surface area contributed by atoms with E-state index in [4.69, 9.17) is 11.6 Å². The maximum absolute atomic E-state index is 11.6. The van der Waals surface area contributed by atoms with Crippen LogP contribution in [-0.4, -0.2) is 21.5 Å². The average Bonchev–Trinajstić information content (AvgIpc) is 2.38. The van der Waals surface area contributed by atoms with Gasteiger partial charge in [-0.05, 0) is 13.0 Å². The second kappa shape index (κ2) is 5.18. The number of nitrogens with zero attached hydrogens (tertiary/aromatic N) is 1. The minimum atomic E-state index is -0.598. The Bertz CT molecular complexity index is 637. The van der Waals surface area contributed by atoms with Crippen molar-refractivity contribution in [3.05, 3.63) is 40.3 Å². The van der Waals surface area contributed by atoms with Crippen LogP contribution in [0, 0.1) is 0 Å². The first-order valence-corrected chi connectivity index (χ1v) is 5.91. The van der Waals surface area contributed by atoms with Crippen LogP contribution in [0.15, 0.2) is 29.1 Å². The Kier molecular flexibility index (Phi) is 3.62. The largest absolute Gasteiger partial charge is 0.349 e. The molecule has 18 heavy (non-hydrogen) atoms. The number of H-pyrrole nitrogens is 1. The topological polar surface area (TPSA) is 74.8 Å². The van der Waals surface area contributed by atoms with Crippen molar-refractivity contribution in [2.24, 2.45) is 0 Å². The van der Waals surface area contributed by atoms with Crippen LogP contribution in [0.5, 0.6) is 0 Å². The molecule has 0 radical (unpaired) electrons. The Morgan fingerprint density at radius 2 is 2.11 bits per heavy atom. The zero-order valence-corrected chi connectivity index (χ0v) is 10.5. The van der Waals surface area contributed by atoms with Crippen molar-refractivity contribution in [2.45, 2.75) is 18.8 Å². The average molecular weight is 266 g/mol. The van der Waals surface area contributed by atoms with E-state index in [0.717, 1.165) is 5.39 Å². The minimum Gasteiger partial charge on any atom is -0.349 e. The molecule has 0 bridgehead atoms. The SMILES string of the molecule is CC(Cl)C(=O)NCc1n[nH]c(=O)c2ccccc12. The first-order chi connectivity index (χ1) is 8.59. The van der Waals surface area contributed by atoms with Gasteiger partial charge in [0.25, 0.3) is 5.56 Å². The lowest BCUT2D eigenvalue weighted by Crippen LogP contribution is -2.30. The molecule has 0 aliphatic rings. The molecule has 2 rings (SSSR count). The van der Waals surface area contributed by atoms with Gasteiger partial charge in [-0.1, -0.05) is 18.2 Å². The van der Waals surface area contributed by atoms with Gasteiger partial charge in [0.05, 0.1) is 17.6 Å². The normalized spacial score (nSPS) is 12.3. The van der Waals surface area contributed by atoms with Crippen LogP contribution in [-0.2, 0) is 11.3 Å². The van der Waals surface area contributed by atoms with Crippen molar-refractivity contribution in [1.29, 1.82) is 0 Å². The molecule has 1 aromatic carbocycles. The second-order valence-corrected chi connectivity index (χ2v) is 4.53. The lowest BCUT2D eigenvalue weighted by atomic mass is 10.1. The number of aromatic amines is 1. The molecule has 94 valence electrons. The molecule has 5 nitrogen and oxygen atoms in total. The van der Waals surface area contributed by atoms with Gasteiger partial charge in [-0.15, -0.1) is 11.6 Å². The quantitative estimate of drug-likeness (QED) is 0.818. The molecule has 0 fully saturated rings. The summed E-state index contributed by atoms with van der Waals surface area (Å²) in [5.41, 5.74) is 0.363. The van der Waals surface area contributed by atoms with Crippen LogP contribution in [0.1, 0.15) is 12.6 Å². The van der Waals surface area contributed by atoms with Gasteiger partial charge in [-0.3, -0.25) is 9.59 Å². The summed E-state index contributed by atoms with van der Waals surface area (Å²) in [6.45, 7) is 1.82. The highest BCUT2D eigenvalue weighted by molar-refractivity contribution is 6.30. The molecule has 0 saturated carbocycles. The van der Waals surface area contributed by atoms with Crippen molar-refractivity contribution in [2.75, 3.05) is 0 Å². The van der Waals surface area contributed by atoms with Gasteiger partial charge in [0.1, 0.15) is 5.38 Å². The smallest absolute Gasteiger partial charge is 0.272 e. The van der Waals surface area contributed by atoms with Crippen molar-refractivity contribution < 1.29 is 4.79 Å². The highest BCUT2D eigenvalue weighted by Crippen LogP contribution is 2.11. The molecule has 2 N–H and O–H groups in total. The molecule has 1 heterocycles. The number of carbonyl (C=O) groups is 1. The van der Waals surface area contributed by atoms with Crippen LogP contribution >= 0.6 is 11.6 Å². The van der Waals surface area contributed by atoms with Crippen molar-refractivity contribution in [3.8, 4) is 0 Å². The van der Waals surface area contributed by atoms with E-state index in [9.17, 15) is 9.59 Å². The van der Waals surface area contributed by atoms with Gasteiger partial charge in [-0.2, -0.15) is 5.10 Å². The first-order valence-electron chi connectivity index (χ1n) is 5.47. The Morgan fingerprint density at radius 1 is 1.44 bits per heavy atom. The number of benzene rings is 1. The number of rotatable bonds is 3. The fourth-order valence-corrected chi connectivity index (χ4v) is 1.69. The van der Waals surface area contributed by atoms with Crippen LogP contribution < -0.4 is 10.9 Å². The Labute approximate surface area is 108 Å². The number of nitrogens with one attached hydrogen (secondary N) is 2. The fraction of sp³-hybridized carbons (Fsp3) is 0.250. The summed E-state index contributed by atoms with van der Waals surface area (Å²) in [7, 11) is 0. The zero-order chi connectivity index (χ0) is 13.1. The number of fused-ring (bicyclic) bond motifs is 1. The monoisotopic (exact) mass is 265 g/mol. The highest BCUT2D eigenvalue weighted by Gasteiger charge is 2.10. The van der Waals surface area contributed by atoms with E-state index in [2.05, 4.69) is 15.5 Å². The Morgan fingerprint density at radius 3 is 2.78 bits per heavy atom. The minimum absolute atomic E-state index is 0.229. The number of alkyl halides is 1. The van der Waals surface area contributed by atoms with Crippen molar-refractivity contribution in [1.82, 2.24) is 15.5 Å². The Hall–Kier alpha value is -1.88. The summed E-state index contributed by atoms with van der Waals surface area (Å²) in [6, 6.07) is 7.11. The van der Waals surface area contributed by atoms with Gasteiger partial charge in [0.15, 0.2) is 0 Å². The predicted octanol–water partition coefficient (Wildman–Crippen LogP) is 1.17. The van der Waals surface area contributed by atoms with E-state index < -0.39 is 5.38 Å². The summed E-state index contributed by atoms with van der Waals surface area (Å²) in [4.78, 5) is 22.9. The van der Waals surface area contributed by atoms with Gasteiger partial charge in [0.2, 0.25) is 5.91 Å². The summed E-state index contributed by atoms with van der Waals surface area (Å²) in [5.74, 6) is -0.270. The van der Waals surface area contributed by atoms with E-state index in [0.29, 0.717) is 11.1 Å². The van der Waals surface area contributed by atoms with E-state index in [-0.39, 0.29) is 18.0 Å². The summed E-state index contributed by atoms with van der Waals surface area (Å²) < 4.78 is 0. The van der Waals surface area contributed by atoms with Crippen LogP contribution in [0.25, 0.3) is 10.8 Å². The fourth-order valence-electron chi connectivity index (χ4n) is 1.62. The maximum Gasteiger partial charge on any atom is 0.272 e. The molecule has 1 amide bonds. The molecule has 1 aromatic heterocycles. The maximum atomic E-state index is 11.6. The van der Waals surface area contributed by atoms with E-state index in [1.165, 1.54) is 0 Å². The number of amides is 1. The molecule has 0 aliphatic carbocycles. The zero-order valence-electron chi connectivity index (χ0n) is 9.74.